The van der Waals surface area contributed by atoms with Crippen LogP contribution in [-0.2, 0) is 0 Å². The maximum atomic E-state index is 9.41. The third-order valence-electron chi connectivity index (χ3n) is 5.09. The topological polar surface area (TPSA) is 45.9 Å². The first kappa shape index (κ1) is 16.8. The molecule has 1 aromatic heterocycles. The Kier molecular flexibility index (Phi) is 4.75. The fraction of sp³-hybridized carbons (Fsp3) is 0.368. The van der Waals surface area contributed by atoms with E-state index in [1.165, 1.54) is 5.69 Å². The van der Waals surface area contributed by atoms with E-state index in [4.69, 9.17) is 16.3 Å². The van der Waals surface area contributed by atoms with E-state index >= 15 is 0 Å². The number of aromatic nitrogens is 1. The molecule has 0 spiro atoms. The third-order valence-corrected chi connectivity index (χ3v) is 5.40. The quantitative estimate of drug-likeness (QED) is 0.779. The molecule has 3 atom stereocenters. The van der Waals surface area contributed by atoms with Crippen molar-refractivity contribution >= 4 is 17.3 Å². The van der Waals surface area contributed by atoms with E-state index in [1.807, 2.05) is 24.3 Å². The summed E-state index contributed by atoms with van der Waals surface area (Å²) in [6, 6.07) is 14.3. The van der Waals surface area contributed by atoms with Crippen LogP contribution in [0.5, 0.6) is 5.75 Å². The highest BCUT2D eigenvalue weighted by molar-refractivity contribution is 6.31. The van der Waals surface area contributed by atoms with Crippen LogP contribution in [0.1, 0.15) is 24.6 Å². The number of nitrogens with zero attached hydrogens (tertiary/aromatic N) is 3. The summed E-state index contributed by atoms with van der Waals surface area (Å²) in [5.74, 6) is 0.877. The molecule has 1 aliphatic heterocycles. The molecule has 0 radical (unpaired) electrons. The van der Waals surface area contributed by atoms with Gasteiger partial charge in [0.1, 0.15) is 23.2 Å². The smallest absolute Gasteiger partial charge is 0.139 e. The zero-order chi connectivity index (χ0) is 17.2. The number of benzene rings is 1. The molecule has 124 valence electrons. The number of halogens is 1. The van der Waals surface area contributed by atoms with Gasteiger partial charge < -0.3 is 4.74 Å². The van der Waals surface area contributed by atoms with Gasteiger partial charge in [-0.25, -0.2) is 0 Å². The zero-order valence-electron chi connectivity index (χ0n) is 13.9. The number of quaternary nitrogens is 1. The Hall–Kier alpha value is -2.09. The maximum absolute atomic E-state index is 9.41. The number of hydrogen-bond acceptors (Lipinski definition) is 3. The van der Waals surface area contributed by atoms with Crippen molar-refractivity contribution in [1.29, 1.82) is 5.26 Å². The molecule has 1 fully saturated rings. The molecule has 2 aromatic rings. The Bertz CT molecular complexity index is 756. The second-order valence-electron chi connectivity index (χ2n) is 6.43. The molecule has 1 saturated heterocycles. The van der Waals surface area contributed by atoms with Crippen LogP contribution in [0.4, 0.5) is 5.69 Å². The van der Waals surface area contributed by atoms with Crippen LogP contribution in [0.3, 0.4) is 0 Å². The Labute approximate surface area is 147 Å². The standard InChI is InChI=1S/C19H21ClN3O/c1-23(15-5-7-16(24-2)8-6-15)11-9-14(13-21)12-18(23)19-17(20)4-3-10-22-19/h3-8,10,14,18H,9,11-12H2,1-2H3/q+1. The van der Waals surface area contributed by atoms with Crippen molar-refractivity contribution in [3.63, 3.8) is 0 Å². The lowest BCUT2D eigenvalue weighted by atomic mass is 9.87. The summed E-state index contributed by atoms with van der Waals surface area (Å²) in [6.07, 6.45) is 3.41. The molecular weight excluding hydrogens is 322 g/mol. The predicted octanol–water partition coefficient (Wildman–Crippen LogP) is 4.36. The van der Waals surface area contributed by atoms with Gasteiger partial charge >= 0.3 is 0 Å². The highest BCUT2D eigenvalue weighted by Crippen LogP contribution is 2.44. The van der Waals surface area contributed by atoms with Gasteiger partial charge in [-0.3, -0.25) is 9.47 Å². The maximum Gasteiger partial charge on any atom is 0.139 e. The van der Waals surface area contributed by atoms with Gasteiger partial charge in [0.25, 0.3) is 0 Å². The minimum atomic E-state index is 0.0394. The van der Waals surface area contributed by atoms with Crippen molar-refractivity contribution in [2.24, 2.45) is 5.92 Å². The van der Waals surface area contributed by atoms with Gasteiger partial charge in [0.2, 0.25) is 0 Å². The molecule has 0 amide bonds. The van der Waals surface area contributed by atoms with Crippen LogP contribution in [0.15, 0.2) is 42.6 Å². The number of hydrogen-bond donors (Lipinski definition) is 0. The van der Waals surface area contributed by atoms with Crippen LogP contribution in [0.2, 0.25) is 5.02 Å². The van der Waals surface area contributed by atoms with Crippen molar-refractivity contribution in [3.05, 3.63) is 53.3 Å². The van der Waals surface area contributed by atoms with Gasteiger partial charge in [0.15, 0.2) is 0 Å². The molecule has 0 aliphatic carbocycles. The number of pyridine rings is 1. The van der Waals surface area contributed by atoms with E-state index in [-0.39, 0.29) is 12.0 Å². The fourth-order valence-electron chi connectivity index (χ4n) is 3.57. The summed E-state index contributed by atoms with van der Waals surface area (Å²) >= 11 is 6.44. The van der Waals surface area contributed by atoms with Crippen LogP contribution >= 0.6 is 11.6 Å². The first-order valence-corrected chi connectivity index (χ1v) is 8.46. The lowest BCUT2D eigenvalue weighted by Gasteiger charge is -2.45. The van der Waals surface area contributed by atoms with Crippen LogP contribution in [0.25, 0.3) is 0 Å². The average Bonchev–Trinajstić information content (AvgIpc) is 2.63. The highest BCUT2D eigenvalue weighted by Gasteiger charge is 2.43. The lowest BCUT2D eigenvalue weighted by Crippen LogP contribution is -2.53. The normalized spacial score (nSPS) is 26.6. The van der Waals surface area contributed by atoms with Gasteiger partial charge in [-0.2, -0.15) is 5.26 Å². The van der Waals surface area contributed by atoms with E-state index in [1.54, 1.807) is 13.3 Å². The van der Waals surface area contributed by atoms with Crippen molar-refractivity contribution in [2.45, 2.75) is 18.9 Å². The largest absolute Gasteiger partial charge is 0.497 e. The Balaban J connectivity index is 2.05. The molecule has 5 heteroatoms. The van der Waals surface area contributed by atoms with Gasteiger partial charge in [-0.1, -0.05) is 11.6 Å². The summed E-state index contributed by atoms with van der Waals surface area (Å²) in [4.78, 5) is 4.54. The number of ether oxygens (including phenoxy) is 1. The number of rotatable bonds is 3. The van der Waals surface area contributed by atoms with Gasteiger partial charge in [-0.05, 0) is 24.3 Å². The lowest BCUT2D eigenvalue weighted by molar-refractivity contribution is 0.162. The van der Waals surface area contributed by atoms with Gasteiger partial charge in [0, 0.05) is 31.2 Å². The van der Waals surface area contributed by atoms with Crippen LogP contribution < -0.4 is 9.22 Å². The molecule has 24 heavy (non-hydrogen) atoms. The molecular formula is C19H21ClN3O+. The second kappa shape index (κ2) is 6.80. The van der Waals surface area contributed by atoms with E-state index in [0.717, 1.165) is 30.8 Å². The summed E-state index contributed by atoms with van der Waals surface area (Å²) in [7, 11) is 3.87. The molecule has 0 N–H and O–H groups in total. The second-order valence-corrected chi connectivity index (χ2v) is 6.83. The van der Waals surface area contributed by atoms with Gasteiger partial charge in [-0.15, -0.1) is 0 Å². The van der Waals surface area contributed by atoms with Crippen LogP contribution in [0, 0.1) is 17.2 Å². The molecule has 2 heterocycles. The Morgan fingerprint density at radius 2 is 2.04 bits per heavy atom. The first-order valence-electron chi connectivity index (χ1n) is 8.08. The van der Waals surface area contributed by atoms with Crippen molar-refractivity contribution < 1.29 is 4.74 Å². The Morgan fingerprint density at radius 3 is 2.67 bits per heavy atom. The van der Waals surface area contributed by atoms with Crippen molar-refractivity contribution in [3.8, 4) is 11.8 Å². The molecule has 1 aliphatic rings. The first-order chi connectivity index (χ1) is 11.6. The predicted molar refractivity (Wildman–Crippen MR) is 95.9 cm³/mol. The SMILES string of the molecule is COc1ccc([N+]2(C)CCC(C#N)CC2c2ncccc2Cl)cc1. The summed E-state index contributed by atoms with van der Waals surface area (Å²) in [5.41, 5.74) is 2.05. The summed E-state index contributed by atoms with van der Waals surface area (Å²) in [6.45, 7) is 0.877. The molecule has 0 bridgehead atoms. The number of methoxy groups -OCH3 is 1. The molecule has 0 saturated carbocycles. The summed E-state index contributed by atoms with van der Waals surface area (Å²) < 4.78 is 5.96. The van der Waals surface area contributed by atoms with E-state index in [2.05, 4.69) is 30.2 Å². The number of likely N-dealkylation sites (tertiary alicyclic amines) is 1. The van der Waals surface area contributed by atoms with Crippen molar-refractivity contribution in [2.75, 3.05) is 20.7 Å². The average molecular weight is 343 g/mol. The molecule has 1 aromatic carbocycles. The fourth-order valence-corrected chi connectivity index (χ4v) is 3.82. The van der Waals surface area contributed by atoms with Crippen LogP contribution in [-0.4, -0.2) is 25.7 Å². The molecule has 4 nitrogen and oxygen atoms in total. The minimum Gasteiger partial charge on any atom is -0.497 e. The number of nitriles is 1. The molecule has 3 rings (SSSR count). The molecule has 3 unspecified atom stereocenters. The van der Waals surface area contributed by atoms with Crippen molar-refractivity contribution in [1.82, 2.24) is 9.47 Å². The van der Waals surface area contributed by atoms with E-state index in [9.17, 15) is 5.26 Å². The zero-order valence-corrected chi connectivity index (χ0v) is 14.7. The van der Waals surface area contributed by atoms with Gasteiger partial charge in [0.05, 0.1) is 37.7 Å². The minimum absolute atomic E-state index is 0.0394. The monoisotopic (exact) mass is 342 g/mol. The highest BCUT2D eigenvalue weighted by atomic mass is 35.5. The Morgan fingerprint density at radius 1 is 1.29 bits per heavy atom. The van der Waals surface area contributed by atoms with E-state index < -0.39 is 0 Å². The number of piperidine rings is 1. The third kappa shape index (κ3) is 2.98. The van der Waals surface area contributed by atoms with E-state index in [0.29, 0.717) is 9.51 Å². The summed E-state index contributed by atoms with van der Waals surface area (Å²) in [5, 5.41) is 10.1.